The number of ether oxygens (including phenoxy) is 3. The maximum absolute atomic E-state index is 15.7. The van der Waals surface area contributed by atoms with E-state index in [9.17, 15) is 62.8 Å². The molecule has 416 valence electrons. The fourth-order valence-corrected chi connectivity index (χ4v) is 12.7. The first kappa shape index (κ1) is 56.1. The largest absolute Gasteiger partial charge is 0.490 e. The average Bonchev–Trinajstić information content (AvgIpc) is 4.20. The Bertz CT molecular complexity index is 3410. The van der Waals surface area contributed by atoms with E-state index < -0.39 is 132 Å². The van der Waals surface area contributed by atoms with Crippen LogP contribution in [0.5, 0.6) is 0 Å². The highest BCUT2D eigenvalue weighted by molar-refractivity contribution is 7.66. The number of nitrogens with zero attached hydrogens (tertiary/aromatic N) is 12. The Hall–Kier alpha value is -4.67. The van der Waals surface area contributed by atoms with E-state index in [-0.39, 0.29) is 50.9 Å². The Labute approximate surface area is 418 Å². The summed E-state index contributed by atoms with van der Waals surface area (Å²) < 4.78 is 131. The van der Waals surface area contributed by atoms with Gasteiger partial charge < -0.3 is 81.2 Å². The molecule has 0 aromatic carbocycles. The standard InChI is InChI=1S/C30H39FN15O25P5/c31-30(50)12(67-29(20(30)49)46-9-43-15-23(34)37-6-40-26(15)46)3-64-74(56,57)69-19-16(47)10(65-28(19)45-8-42-14-22(33)36-5-39-25(14)45)1-62-73(54,55)68-18-17(48)11(2-63-75(58,59)71-76(60,61)70-72(51,52)53)66-27(18)44-7-41-13-21(32)35-4-38-24(13)44/h4-12,16-20,27-29,47-50H,1-3H2,(H,54,55)(H,56,57)(H,58,59)(H,60,61)(H2,32,35,38)(H2,33,36,39)(H2,34,37,40)(H2,51,52,53)/t10-,11-,12-,16-,17-,18-,19-,20+,27-,28-,29-,30-/m1/s1. The third-order valence-electron chi connectivity index (χ3n) is 11.2. The van der Waals surface area contributed by atoms with E-state index in [0.29, 0.717) is 0 Å². The number of hydrogen-bond donors (Lipinski definition) is 13. The van der Waals surface area contributed by atoms with Crippen LogP contribution in [0.15, 0.2) is 38.0 Å². The van der Waals surface area contributed by atoms with Gasteiger partial charge in [-0.2, -0.15) is 8.62 Å². The SMILES string of the molecule is Nc1ncnc2c1ncn2[C@@H]1O[C@H](COP(=O)(O)O[C@@H]2[C@H](O)[C@@H](COP(=O)(O)OP(=O)(O)OP(=O)(O)O)O[C@H]2n2cnc3c(N)ncnc32)[C@@H](O)[C@H]1OP(=O)(O)OC[C@H]1O[C@@H](n2cnc3c(N)ncnc32)[C@H](O)[C@@]1(O)F. The van der Waals surface area contributed by atoms with E-state index in [1.807, 2.05) is 0 Å². The fraction of sp³-hybridized carbons (Fsp3) is 0.500. The van der Waals surface area contributed by atoms with Gasteiger partial charge in [-0.25, -0.2) is 72.1 Å². The van der Waals surface area contributed by atoms with Crippen LogP contribution in [0.2, 0.25) is 0 Å². The molecular formula is C30H39FN15O25P5. The normalized spacial score (nSPS) is 31.4. The van der Waals surface area contributed by atoms with Gasteiger partial charge in [0, 0.05) is 0 Å². The van der Waals surface area contributed by atoms with E-state index in [4.69, 9.17) is 59.3 Å². The maximum Gasteiger partial charge on any atom is 0.490 e. The molecule has 3 aliphatic heterocycles. The molecular weight excluding hydrogens is 1140 g/mol. The average molecular weight is 1180 g/mol. The molecule has 0 bridgehead atoms. The summed E-state index contributed by atoms with van der Waals surface area (Å²) in [4.78, 5) is 94.8. The maximum atomic E-state index is 15.7. The summed E-state index contributed by atoms with van der Waals surface area (Å²) >= 11 is 0. The zero-order valence-electron chi connectivity index (χ0n) is 37.2. The number of nitrogen functional groups attached to an aromatic ring is 3. The van der Waals surface area contributed by atoms with Crippen LogP contribution in [0, 0.1) is 0 Å². The van der Waals surface area contributed by atoms with Gasteiger partial charge >= 0.3 is 39.1 Å². The first-order valence-electron chi connectivity index (χ1n) is 20.8. The molecule has 3 fully saturated rings. The Morgan fingerprint density at radius 2 is 0.921 bits per heavy atom. The zero-order valence-corrected chi connectivity index (χ0v) is 41.7. The molecule has 4 unspecified atom stereocenters. The molecule has 9 heterocycles. The number of hydrogen-bond acceptors (Lipinski definition) is 31. The van der Waals surface area contributed by atoms with Crippen molar-refractivity contribution in [3.8, 4) is 0 Å². The Morgan fingerprint density at radius 1 is 0.539 bits per heavy atom. The smallest absolute Gasteiger partial charge is 0.387 e. The minimum absolute atomic E-state index is 0.0166. The number of nitrogens with two attached hydrogens (primary N) is 3. The Kier molecular flexibility index (Phi) is 15.1. The van der Waals surface area contributed by atoms with Gasteiger partial charge in [0.2, 0.25) is 0 Å². The second-order valence-electron chi connectivity index (χ2n) is 16.1. The van der Waals surface area contributed by atoms with Gasteiger partial charge in [0.25, 0.3) is 5.85 Å². The van der Waals surface area contributed by atoms with Crippen molar-refractivity contribution in [2.45, 2.75) is 73.4 Å². The molecule has 0 saturated carbocycles. The first-order chi connectivity index (χ1) is 35.4. The Morgan fingerprint density at radius 3 is 1.33 bits per heavy atom. The van der Waals surface area contributed by atoms with E-state index in [1.165, 1.54) is 0 Å². The third kappa shape index (κ3) is 11.4. The monoisotopic (exact) mass is 1180 g/mol. The molecule has 46 heteroatoms. The van der Waals surface area contributed by atoms with Gasteiger partial charge in [-0.15, -0.1) is 0 Å². The molecule has 0 radical (unpaired) electrons. The number of rotatable bonds is 20. The highest BCUT2D eigenvalue weighted by atomic mass is 31.3. The lowest BCUT2D eigenvalue weighted by atomic mass is 10.1. The molecule has 16 atom stereocenters. The summed E-state index contributed by atoms with van der Waals surface area (Å²) in [6.07, 6.45) is -16.5. The van der Waals surface area contributed by atoms with Crippen LogP contribution in [0.1, 0.15) is 18.7 Å². The van der Waals surface area contributed by atoms with Crippen molar-refractivity contribution in [1.29, 1.82) is 0 Å². The molecule has 0 amide bonds. The number of aliphatic hydroxyl groups is 4. The molecule has 9 rings (SSSR count). The highest BCUT2D eigenvalue weighted by Gasteiger charge is 2.59. The predicted molar refractivity (Wildman–Crippen MR) is 236 cm³/mol. The van der Waals surface area contributed by atoms with Crippen molar-refractivity contribution in [2.24, 2.45) is 0 Å². The molecule has 0 spiro atoms. The molecule has 40 nitrogen and oxygen atoms in total. The number of alkyl halides is 1. The van der Waals surface area contributed by atoms with E-state index in [1.54, 1.807) is 0 Å². The van der Waals surface area contributed by atoms with Crippen molar-refractivity contribution in [2.75, 3.05) is 37.0 Å². The van der Waals surface area contributed by atoms with Crippen LogP contribution in [-0.2, 0) is 68.3 Å². The van der Waals surface area contributed by atoms with Crippen molar-refractivity contribution in [3.05, 3.63) is 38.0 Å². The van der Waals surface area contributed by atoms with Gasteiger partial charge in [-0.3, -0.25) is 36.3 Å². The first-order valence-corrected chi connectivity index (χ1v) is 28.3. The van der Waals surface area contributed by atoms with Crippen LogP contribution in [0.25, 0.3) is 33.5 Å². The van der Waals surface area contributed by atoms with Crippen molar-refractivity contribution in [1.82, 2.24) is 58.6 Å². The summed E-state index contributed by atoms with van der Waals surface area (Å²) in [5.41, 5.74) is 17.1. The lowest BCUT2D eigenvalue weighted by Crippen LogP contribution is -2.45. The van der Waals surface area contributed by atoms with Crippen molar-refractivity contribution >= 4 is 90.1 Å². The topological polar surface area (TPSA) is 589 Å². The number of aliphatic hydroxyl groups excluding tert-OH is 3. The minimum Gasteiger partial charge on any atom is -0.387 e. The number of phosphoric ester groups is 3. The summed E-state index contributed by atoms with van der Waals surface area (Å²) in [5, 5.41) is 44.4. The van der Waals surface area contributed by atoms with E-state index in [0.717, 1.165) is 51.7 Å². The van der Waals surface area contributed by atoms with Gasteiger partial charge in [0.05, 0.1) is 38.8 Å². The lowest BCUT2D eigenvalue weighted by Gasteiger charge is -2.26. The summed E-state index contributed by atoms with van der Waals surface area (Å²) in [6.45, 7) is -3.84. The molecule has 3 aliphatic rings. The molecule has 16 N–H and O–H groups in total. The summed E-state index contributed by atoms with van der Waals surface area (Å²) in [5.74, 6) is -4.14. The number of anilines is 3. The molecule has 0 aliphatic carbocycles. The minimum atomic E-state index is -6.01. The molecule has 3 saturated heterocycles. The van der Waals surface area contributed by atoms with E-state index >= 15 is 4.39 Å². The number of imidazole rings is 3. The number of fused-ring (bicyclic) bond motifs is 3. The fourth-order valence-electron chi connectivity index (χ4n) is 7.83. The van der Waals surface area contributed by atoms with Gasteiger partial charge in [-0.05, 0) is 0 Å². The summed E-state index contributed by atoms with van der Waals surface area (Å²) in [6, 6.07) is 0. The Balaban J connectivity index is 0.919. The van der Waals surface area contributed by atoms with E-state index in [2.05, 4.69) is 58.0 Å². The number of phosphoric acid groups is 5. The van der Waals surface area contributed by atoms with Crippen LogP contribution in [0.3, 0.4) is 0 Å². The van der Waals surface area contributed by atoms with Crippen LogP contribution >= 0.6 is 39.1 Å². The molecule has 76 heavy (non-hydrogen) atoms. The molecule has 6 aromatic rings. The second kappa shape index (κ2) is 20.5. The highest BCUT2D eigenvalue weighted by Crippen LogP contribution is 2.66. The van der Waals surface area contributed by atoms with Gasteiger partial charge in [0.15, 0.2) is 59.2 Å². The second-order valence-corrected chi connectivity index (χ2v) is 23.3. The van der Waals surface area contributed by atoms with Crippen LogP contribution in [-0.4, -0.2) is 183 Å². The third-order valence-corrected chi connectivity index (χ3v) is 16.9. The quantitative estimate of drug-likeness (QED) is 0.0340. The number of halogens is 1. The van der Waals surface area contributed by atoms with Gasteiger partial charge in [-0.1, -0.05) is 0 Å². The lowest BCUT2D eigenvalue weighted by molar-refractivity contribution is -0.181. The molecule has 6 aromatic heterocycles. The van der Waals surface area contributed by atoms with Crippen molar-refractivity contribution < 1.29 is 122 Å². The van der Waals surface area contributed by atoms with Crippen LogP contribution in [0.4, 0.5) is 21.8 Å². The number of aromatic nitrogens is 12. The predicted octanol–water partition coefficient (Wildman–Crippen LogP) is -2.97. The van der Waals surface area contributed by atoms with Gasteiger partial charge in [0.1, 0.15) is 78.3 Å². The zero-order chi connectivity index (χ0) is 55.1. The van der Waals surface area contributed by atoms with Crippen LogP contribution < -0.4 is 17.2 Å². The summed E-state index contributed by atoms with van der Waals surface area (Å²) in [7, 11) is -28.9. The van der Waals surface area contributed by atoms with Crippen molar-refractivity contribution in [3.63, 3.8) is 0 Å².